The number of aryl methyl sites for hydroxylation is 1. The molecule has 104 valence electrons. The summed E-state index contributed by atoms with van der Waals surface area (Å²) >= 11 is 1.36. The highest BCUT2D eigenvalue weighted by Crippen LogP contribution is 2.10. The number of carbonyl (C=O) groups is 2. The van der Waals surface area contributed by atoms with Crippen LogP contribution in [0.25, 0.3) is 0 Å². The lowest BCUT2D eigenvalue weighted by Gasteiger charge is -2.06. The van der Waals surface area contributed by atoms with Gasteiger partial charge in [-0.3, -0.25) is 9.59 Å². The van der Waals surface area contributed by atoms with Gasteiger partial charge in [-0.25, -0.2) is 0 Å². The van der Waals surface area contributed by atoms with E-state index in [0.717, 1.165) is 11.3 Å². The van der Waals surface area contributed by atoms with Gasteiger partial charge in [0.05, 0.1) is 4.88 Å². The first kappa shape index (κ1) is 14.4. The van der Waals surface area contributed by atoms with Crippen LogP contribution in [-0.2, 0) is 9.53 Å². The Hall–Kier alpha value is -1.98. The average Bonchev–Trinajstić information content (AvgIpc) is 2.92. The number of rotatable bonds is 6. The molecule has 5 heteroatoms. The van der Waals surface area contributed by atoms with Crippen LogP contribution in [0, 0.1) is 6.92 Å². The quantitative estimate of drug-likeness (QED) is 0.832. The summed E-state index contributed by atoms with van der Waals surface area (Å²) in [5, 5.41) is 4.55. The summed E-state index contributed by atoms with van der Waals surface area (Å²) < 4.78 is 5.13. The first-order valence-corrected chi connectivity index (χ1v) is 7.04. The van der Waals surface area contributed by atoms with E-state index in [0.29, 0.717) is 4.88 Å². The number of thiophene rings is 1. The van der Waals surface area contributed by atoms with Crippen molar-refractivity contribution >= 4 is 28.7 Å². The topological polar surface area (TPSA) is 55.4 Å². The van der Waals surface area contributed by atoms with E-state index in [4.69, 9.17) is 4.74 Å². The molecule has 0 fully saturated rings. The van der Waals surface area contributed by atoms with Crippen LogP contribution in [-0.4, -0.2) is 24.9 Å². The molecule has 1 aromatic carbocycles. The van der Waals surface area contributed by atoms with Crippen molar-refractivity contribution in [2.24, 2.45) is 0 Å². The summed E-state index contributed by atoms with van der Waals surface area (Å²) in [5.41, 5.74) is 1.79. The number of Topliss-reactive ketones (excluding diaryl/α,β-unsaturated/α-hetero) is 1. The van der Waals surface area contributed by atoms with Gasteiger partial charge in [-0.2, -0.15) is 0 Å². The summed E-state index contributed by atoms with van der Waals surface area (Å²) in [4.78, 5) is 23.9. The molecule has 0 saturated heterocycles. The van der Waals surface area contributed by atoms with Crippen LogP contribution >= 0.6 is 11.3 Å². The van der Waals surface area contributed by atoms with E-state index in [9.17, 15) is 9.59 Å². The Morgan fingerprint density at radius 2 is 2.05 bits per heavy atom. The fourth-order valence-corrected chi connectivity index (χ4v) is 2.32. The van der Waals surface area contributed by atoms with E-state index in [2.05, 4.69) is 5.32 Å². The van der Waals surface area contributed by atoms with Crippen molar-refractivity contribution in [1.29, 1.82) is 0 Å². The number of amides is 1. The maximum atomic E-state index is 11.6. The van der Waals surface area contributed by atoms with Crippen molar-refractivity contribution in [1.82, 2.24) is 0 Å². The van der Waals surface area contributed by atoms with Gasteiger partial charge < -0.3 is 10.1 Å². The van der Waals surface area contributed by atoms with Crippen LogP contribution < -0.4 is 5.32 Å². The highest BCUT2D eigenvalue weighted by Gasteiger charge is 2.08. The molecule has 0 radical (unpaired) electrons. The van der Waals surface area contributed by atoms with Crippen LogP contribution in [0.1, 0.15) is 15.2 Å². The van der Waals surface area contributed by atoms with E-state index < -0.39 is 0 Å². The molecule has 1 N–H and O–H groups in total. The van der Waals surface area contributed by atoms with E-state index >= 15 is 0 Å². The SMILES string of the molecule is Cc1cccc(NC(=O)COCC(=O)c2cccs2)c1. The number of hydrogen-bond donors (Lipinski definition) is 1. The second-order valence-electron chi connectivity index (χ2n) is 4.31. The minimum absolute atomic E-state index is 0.0816. The van der Waals surface area contributed by atoms with Crippen LogP contribution in [0.3, 0.4) is 0 Å². The van der Waals surface area contributed by atoms with Gasteiger partial charge in [0, 0.05) is 5.69 Å². The van der Waals surface area contributed by atoms with Crippen LogP contribution in [0.4, 0.5) is 5.69 Å². The molecule has 1 aromatic heterocycles. The summed E-state index contributed by atoms with van der Waals surface area (Å²) in [6.45, 7) is 1.73. The molecule has 2 aromatic rings. The van der Waals surface area contributed by atoms with Gasteiger partial charge in [0.1, 0.15) is 13.2 Å². The molecule has 0 unspecified atom stereocenters. The van der Waals surface area contributed by atoms with Gasteiger partial charge >= 0.3 is 0 Å². The third kappa shape index (κ3) is 4.29. The Bertz CT molecular complexity index is 593. The van der Waals surface area contributed by atoms with Crippen LogP contribution in [0.15, 0.2) is 41.8 Å². The molecule has 1 amide bonds. The third-order valence-corrected chi connectivity index (χ3v) is 3.48. The van der Waals surface area contributed by atoms with Gasteiger partial charge in [-0.05, 0) is 36.1 Å². The lowest BCUT2D eigenvalue weighted by Crippen LogP contribution is -2.20. The van der Waals surface area contributed by atoms with Gasteiger partial charge in [0.15, 0.2) is 5.78 Å². The first-order valence-electron chi connectivity index (χ1n) is 6.16. The fraction of sp³-hybridized carbons (Fsp3) is 0.200. The second-order valence-corrected chi connectivity index (χ2v) is 5.26. The molecule has 1 heterocycles. The molecule has 2 rings (SSSR count). The predicted molar refractivity (Wildman–Crippen MR) is 79.3 cm³/mol. The van der Waals surface area contributed by atoms with Crippen molar-refractivity contribution in [3.8, 4) is 0 Å². The van der Waals surface area contributed by atoms with Gasteiger partial charge in [-0.15, -0.1) is 11.3 Å². The summed E-state index contributed by atoms with van der Waals surface area (Å²) in [5.74, 6) is -0.377. The van der Waals surface area contributed by atoms with E-state index in [1.54, 1.807) is 6.07 Å². The maximum Gasteiger partial charge on any atom is 0.250 e. The molecule has 4 nitrogen and oxygen atoms in total. The zero-order valence-corrected chi connectivity index (χ0v) is 11.9. The Morgan fingerprint density at radius 3 is 2.75 bits per heavy atom. The normalized spacial score (nSPS) is 10.2. The number of anilines is 1. The molecular formula is C15H15NO3S. The molecule has 20 heavy (non-hydrogen) atoms. The second kappa shape index (κ2) is 6.98. The molecule has 0 saturated carbocycles. The zero-order valence-electron chi connectivity index (χ0n) is 11.1. The van der Waals surface area contributed by atoms with E-state index in [1.165, 1.54) is 11.3 Å². The number of ether oxygens (including phenoxy) is 1. The highest BCUT2D eigenvalue weighted by molar-refractivity contribution is 7.12. The summed E-state index contributed by atoms with van der Waals surface area (Å²) in [6, 6.07) is 11.0. The predicted octanol–water partition coefficient (Wildman–Crippen LogP) is 2.89. The summed E-state index contributed by atoms with van der Waals surface area (Å²) in [6.07, 6.45) is 0. The number of benzene rings is 1. The number of ketones is 1. The minimum Gasteiger partial charge on any atom is -0.363 e. The largest absolute Gasteiger partial charge is 0.363 e. The number of hydrogen-bond acceptors (Lipinski definition) is 4. The molecule has 0 atom stereocenters. The number of nitrogens with one attached hydrogen (secondary N) is 1. The summed E-state index contributed by atoms with van der Waals surface area (Å²) in [7, 11) is 0. The Labute approximate surface area is 121 Å². The Morgan fingerprint density at radius 1 is 1.20 bits per heavy atom. The van der Waals surface area contributed by atoms with Gasteiger partial charge in [0.25, 0.3) is 0 Å². The van der Waals surface area contributed by atoms with E-state index in [-0.39, 0.29) is 24.9 Å². The Balaban J connectivity index is 1.74. The molecular weight excluding hydrogens is 274 g/mol. The van der Waals surface area contributed by atoms with E-state index in [1.807, 2.05) is 42.6 Å². The average molecular weight is 289 g/mol. The van der Waals surface area contributed by atoms with Crippen molar-refractivity contribution in [3.05, 3.63) is 52.2 Å². The van der Waals surface area contributed by atoms with Crippen molar-refractivity contribution in [2.45, 2.75) is 6.92 Å². The molecule has 0 aliphatic carbocycles. The van der Waals surface area contributed by atoms with Crippen LogP contribution in [0.5, 0.6) is 0 Å². The lowest BCUT2D eigenvalue weighted by atomic mass is 10.2. The van der Waals surface area contributed by atoms with Crippen molar-refractivity contribution in [3.63, 3.8) is 0 Å². The smallest absolute Gasteiger partial charge is 0.250 e. The highest BCUT2D eigenvalue weighted by atomic mass is 32.1. The van der Waals surface area contributed by atoms with Gasteiger partial charge in [-0.1, -0.05) is 18.2 Å². The first-order chi connectivity index (χ1) is 9.65. The zero-order chi connectivity index (χ0) is 14.4. The number of carbonyl (C=O) groups excluding carboxylic acids is 2. The molecule has 0 bridgehead atoms. The standard InChI is InChI=1S/C15H15NO3S/c1-11-4-2-5-12(8-11)16-15(18)10-19-9-13(17)14-6-3-7-20-14/h2-8H,9-10H2,1H3,(H,16,18). The monoisotopic (exact) mass is 289 g/mol. The van der Waals surface area contributed by atoms with Gasteiger partial charge in [0.2, 0.25) is 5.91 Å². The fourth-order valence-electron chi connectivity index (χ4n) is 1.66. The lowest BCUT2D eigenvalue weighted by molar-refractivity contribution is -0.120. The van der Waals surface area contributed by atoms with Crippen molar-refractivity contribution in [2.75, 3.05) is 18.5 Å². The maximum absolute atomic E-state index is 11.6. The Kier molecular flexibility index (Phi) is 5.03. The van der Waals surface area contributed by atoms with Crippen molar-refractivity contribution < 1.29 is 14.3 Å². The molecule has 0 aliphatic rings. The molecule has 0 spiro atoms. The van der Waals surface area contributed by atoms with Crippen LogP contribution in [0.2, 0.25) is 0 Å². The molecule has 0 aliphatic heterocycles. The third-order valence-electron chi connectivity index (χ3n) is 2.56. The minimum atomic E-state index is -0.269.